The van der Waals surface area contributed by atoms with E-state index in [1.54, 1.807) is 12.1 Å². The van der Waals surface area contributed by atoms with Crippen molar-refractivity contribution in [1.29, 1.82) is 0 Å². The van der Waals surface area contributed by atoms with Gasteiger partial charge in [-0.25, -0.2) is 0 Å². The van der Waals surface area contributed by atoms with Crippen LogP contribution in [-0.2, 0) is 16.0 Å². The second-order valence-electron chi connectivity index (χ2n) is 5.58. The van der Waals surface area contributed by atoms with Crippen LogP contribution in [0.5, 0.6) is 0 Å². The third-order valence-corrected chi connectivity index (χ3v) is 3.92. The Labute approximate surface area is 147 Å². The van der Waals surface area contributed by atoms with Gasteiger partial charge in [0, 0.05) is 36.6 Å². The first-order chi connectivity index (χ1) is 10.8. The molecule has 7 heteroatoms. The minimum Gasteiger partial charge on any atom is -0.354 e. The van der Waals surface area contributed by atoms with E-state index in [2.05, 4.69) is 5.32 Å². The van der Waals surface area contributed by atoms with Crippen LogP contribution < -0.4 is 5.32 Å². The monoisotopic (exact) mass is 359 g/mol. The maximum Gasteiger partial charge on any atom is 0.239 e. The largest absolute Gasteiger partial charge is 0.354 e. The number of amides is 2. The van der Waals surface area contributed by atoms with Crippen LogP contribution in [0, 0.1) is 0 Å². The molecule has 2 amide bonds. The third-order valence-electron chi connectivity index (χ3n) is 3.33. The van der Waals surface area contributed by atoms with Gasteiger partial charge < -0.3 is 15.1 Å². The number of benzene rings is 1. The Bertz CT molecular complexity index is 550. The lowest BCUT2D eigenvalue weighted by atomic mass is 10.1. The van der Waals surface area contributed by atoms with Gasteiger partial charge in [0.2, 0.25) is 11.8 Å². The smallest absolute Gasteiger partial charge is 0.239 e. The lowest BCUT2D eigenvalue weighted by Gasteiger charge is -2.22. The highest BCUT2D eigenvalue weighted by Crippen LogP contribution is 2.20. The predicted molar refractivity (Wildman–Crippen MR) is 94.0 cm³/mol. The number of hydrogen-bond acceptors (Lipinski definition) is 3. The fourth-order valence-electron chi connectivity index (χ4n) is 1.96. The molecule has 0 saturated carbocycles. The Hall–Kier alpha value is -1.30. The van der Waals surface area contributed by atoms with Crippen LogP contribution >= 0.6 is 23.2 Å². The maximum absolute atomic E-state index is 12.0. The molecule has 0 unspecified atom stereocenters. The fraction of sp³-hybridized carbons (Fsp3) is 0.500. The van der Waals surface area contributed by atoms with Crippen molar-refractivity contribution in [2.45, 2.75) is 13.3 Å². The minimum absolute atomic E-state index is 0.0670. The molecule has 0 bridgehead atoms. The molecule has 0 spiro atoms. The van der Waals surface area contributed by atoms with Gasteiger partial charge in [-0.05, 0) is 38.2 Å². The lowest BCUT2D eigenvalue weighted by Crippen LogP contribution is -2.43. The Morgan fingerprint density at radius 2 is 1.87 bits per heavy atom. The van der Waals surface area contributed by atoms with Gasteiger partial charge in [0.05, 0.1) is 6.54 Å². The van der Waals surface area contributed by atoms with Gasteiger partial charge in [0.1, 0.15) is 0 Å². The van der Waals surface area contributed by atoms with Gasteiger partial charge in [0.15, 0.2) is 0 Å². The van der Waals surface area contributed by atoms with E-state index in [1.807, 2.05) is 25.1 Å². The molecule has 23 heavy (non-hydrogen) atoms. The van der Waals surface area contributed by atoms with Crippen molar-refractivity contribution >= 4 is 35.0 Å². The zero-order chi connectivity index (χ0) is 17.4. The number of carbonyl (C=O) groups is 2. The van der Waals surface area contributed by atoms with Crippen molar-refractivity contribution in [1.82, 2.24) is 15.1 Å². The number of carbonyl (C=O) groups excluding carboxylic acids is 2. The van der Waals surface area contributed by atoms with Gasteiger partial charge in [-0.1, -0.05) is 29.3 Å². The van der Waals surface area contributed by atoms with Gasteiger partial charge in [-0.3, -0.25) is 9.59 Å². The molecule has 0 fully saturated rings. The summed E-state index contributed by atoms with van der Waals surface area (Å²) in [6.45, 7) is 3.24. The van der Waals surface area contributed by atoms with Crippen molar-refractivity contribution < 1.29 is 9.59 Å². The van der Waals surface area contributed by atoms with Crippen LogP contribution in [0.3, 0.4) is 0 Å². The molecule has 0 aliphatic rings. The van der Waals surface area contributed by atoms with Crippen LogP contribution in [0.2, 0.25) is 10.0 Å². The number of nitrogens with one attached hydrogen (secondary N) is 1. The molecule has 0 radical (unpaired) electrons. The van der Waals surface area contributed by atoms with Crippen LogP contribution in [0.25, 0.3) is 0 Å². The number of rotatable bonds is 8. The van der Waals surface area contributed by atoms with E-state index in [9.17, 15) is 9.59 Å². The van der Waals surface area contributed by atoms with Crippen LogP contribution in [0.15, 0.2) is 18.2 Å². The molecule has 0 heterocycles. The second kappa shape index (κ2) is 9.75. The normalized spacial score (nSPS) is 10.7. The summed E-state index contributed by atoms with van der Waals surface area (Å²) in [7, 11) is 3.85. The van der Waals surface area contributed by atoms with E-state index >= 15 is 0 Å². The molecule has 1 N–H and O–H groups in total. The highest BCUT2D eigenvalue weighted by atomic mass is 35.5. The average Bonchev–Trinajstić information content (AvgIpc) is 2.45. The van der Waals surface area contributed by atoms with Gasteiger partial charge in [-0.2, -0.15) is 0 Å². The van der Waals surface area contributed by atoms with Crippen molar-refractivity contribution in [3.8, 4) is 0 Å². The van der Waals surface area contributed by atoms with Crippen molar-refractivity contribution in [2.75, 3.05) is 40.3 Å². The maximum atomic E-state index is 12.0. The van der Waals surface area contributed by atoms with E-state index in [0.717, 1.165) is 5.56 Å². The molecular formula is C16H23Cl2N3O2. The molecule has 0 saturated heterocycles. The summed E-state index contributed by atoms with van der Waals surface area (Å²) in [5.41, 5.74) is 0.924. The summed E-state index contributed by atoms with van der Waals surface area (Å²) >= 11 is 11.9. The highest BCUT2D eigenvalue weighted by Gasteiger charge is 2.13. The summed E-state index contributed by atoms with van der Waals surface area (Å²) in [6, 6.07) is 5.29. The molecule has 0 atom stereocenters. The SMILES string of the molecule is CC(=O)N(CCN(C)C)CC(=O)NCCc1ccc(Cl)cc1Cl. The first-order valence-electron chi connectivity index (χ1n) is 7.40. The topological polar surface area (TPSA) is 52.7 Å². The number of halogens is 2. The quantitative estimate of drug-likeness (QED) is 0.772. The van der Waals surface area contributed by atoms with Crippen molar-refractivity contribution in [3.05, 3.63) is 33.8 Å². The number of nitrogens with zero attached hydrogens (tertiary/aromatic N) is 2. The van der Waals surface area contributed by atoms with E-state index in [-0.39, 0.29) is 18.4 Å². The van der Waals surface area contributed by atoms with Crippen LogP contribution in [0.4, 0.5) is 0 Å². The summed E-state index contributed by atoms with van der Waals surface area (Å²) in [5, 5.41) is 3.98. The Kier molecular flexibility index (Phi) is 8.37. The summed E-state index contributed by atoms with van der Waals surface area (Å²) in [6.07, 6.45) is 0.611. The van der Waals surface area contributed by atoms with Crippen LogP contribution in [0.1, 0.15) is 12.5 Å². The van der Waals surface area contributed by atoms with E-state index < -0.39 is 0 Å². The Morgan fingerprint density at radius 3 is 2.43 bits per heavy atom. The Morgan fingerprint density at radius 1 is 1.17 bits per heavy atom. The van der Waals surface area contributed by atoms with Crippen molar-refractivity contribution in [3.63, 3.8) is 0 Å². The standard InChI is InChI=1S/C16H23Cl2N3O2/c1-12(22)21(9-8-20(2)3)11-16(23)19-7-6-13-4-5-14(17)10-15(13)18/h4-5,10H,6-9,11H2,1-3H3,(H,19,23). The average molecular weight is 360 g/mol. The zero-order valence-electron chi connectivity index (χ0n) is 13.7. The molecule has 5 nitrogen and oxygen atoms in total. The summed E-state index contributed by atoms with van der Waals surface area (Å²) in [5.74, 6) is -0.285. The molecule has 1 aromatic rings. The predicted octanol–water partition coefficient (Wildman–Crippen LogP) is 2.06. The van der Waals surface area contributed by atoms with Crippen LogP contribution in [-0.4, -0.2) is 61.9 Å². The molecule has 0 aromatic heterocycles. The zero-order valence-corrected chi connectivity index (χ0v) is 15.2. The number of hydrogen-bond donors (Lipinski definition) is 1. The summed E-state index contributed by atoms with van der Waals surface area (Å²) in [4.78, 5) is 27.0. The third kappa shape index (κ3) is 7.68. The van der Waals surface area contributed by atoms with Gasteiger partial charge in [-0.15, -0.1) is 0 Å². The van der Waals surface area contributed by atoms with E-state index in [4.69, 9.17) is 23.2 Å². The number of likely N-dealkylation sites (N-methyl/N-ethyl adjacent to an activating group) is 1. The first-order valence-corrected chi connectivity index (χ1v) is 8.16. The summed E-state index contributed by atoms with van der Waals surface area (Å²) < 4.78 is 0. The van der Waals surface area contributed by atoms with Gasteiger partial charge in [0.25, 0.3) is 0 Å². The lowest BCUT2D eigenvalue weighted by molar-refractivity contribution is -0.134. The molecule has 128 valence electrons. The minimum atomic E-state index is -0.177. The molecule has 1 rings (SSSR count). The molecular weight excluding hydrogens is 337 g/mol. The fourth-order valence-corrected chi connectivity index (χ4v) is 2.46. The molecule has 1 aromatic carbocycles. The molecule has 0 aliphatic carbocycles. The Balaban J connectivity index is 2.41. The highest BCUT2D eigenvalue weighted by molar-refractivity contribution is 6.35. The van der Waals surface area contributed by atoms with E-state index in [1.165, 1.54) is 11.8 Å². The second-order valence-corrected chi connectivity index (χ2v) is 6.42. The molecule has 0 aliphatic heterocycles. The van der Waals surface area contributed by atoms with Gasteiger partial charge >= 0.3 is 0 Å². The van der Waals surface area contributed by atoms with E-state index in [0.29, 0.717) is 36.1 Å². The first kappa shape index (κ1) is 19.7. The van der Waals surface area contributed by atoms with Crippen molar-refractivity contribution in [2.24, 2.45) is 0 Å².